The number of anilines is 3. The van der Waals surface area contributed by atoms with Gasteiger partial charge in [-0.15, -0.1) is 0 Å². The third kappa shape index (κ3) is 4.81. The molecule has 0 aromatic heterocycles. The lowest BCUT2D eigenvalue weighted by atomic mass is 9.52. The first-order valence-corrected chi connectivity index (χ1v) is 24.6. The van der Waals surface area contributed by atoms with Crippen molar-refractivity contribution < 1.29 is 0 Å². The Morgan fingerprint density at radius 2 is 0.571 bits per heavy atom. The molecule has 15 rings (SSSR count). The van der Waals surface area contributed by atoms with E-state index in [-0.39, 0.29) is 0 Å². The van der Waals surface area contributed by atoms with E-state index in [4.69, 9.17) is 0 Å². The van der Waals surface area contributed by atoms with Gasteiger partial charge in [0.25, 0.3) is 0 Å². The number of para-hydroxylation sites is 1. The zero-order valence-corrected chi connectivity index (χ0v) is 38.4. The van der Waals surface area contributed by atoms with E-state index in [1.807, 2.05) is 0 Å². The highest BCUT2D eigenvalue weighted by Gasteiger charge is 2.59. The Kier molecular flexibility index (Phi) is 8.19. The van der Waals surface area contributed by atoms with Gasteiger partial charge >= 0.3 is 0 Å². The normalized spacial score (nSPS) is 14.9. The molecule has 0 unspecified atom stereocenters. The largest absolute Gasteiger partial charge is 0.310 e. The number of rotatable bonds is 5. The van der Waals surface area contributed by atoms with Gasteiger partial charge in [0.2, 0.25) is 0 Å². The van der Waals surface area contributed by atoms with Gasteiger partial charge in [0.1, 0.15) is 0 Å². The van der Waals surface area contributed by atoms with Crippen molar-refractivity contribution in [2.45, 2.75) is 16.2 Å². The molecule has 0 N–H and O–H groups in total. The molecule has 0 bridgehead atoms. The molecule has 1 heteroatoms. The number of benzene rings is 11. The van der Waals surface area contributed by atoms with Crippen LogP contribution in [0.15, 0.2) is 273 Å². The van der Waals surface area contributed by atoms with Crippen molar-refractivity contribution in [2.24, 2.45) is 0 Å². The van der Waals surface area contributed by atoms with Crippen LogP contribution in [0.1, 0.15) is 66.8 Å². The number of nitrogens with zero attached hydrogens (tertiary/aromatic N) is 1. The first kappa shape index (κ1) is 39.2. The minimum atomic E-state index is -0.600. The second-order valence-electron chi connectivity index (χ2n) is 19.4. The van der Waals surface area contributed by atoms with E-state index >= 15 is 0 Å². The molecule has 0 radical (unpaired) electrons. The van der Waals surface area contributed by atoms with Crippen LogP contribution in [0, 0.1) is 0 Å². The van der Waals surface area contributed by atoms with Gasteiger partial charge in [0, 0.05) is 16.9 Å². The van der Waals surface area contributed by atoms with E-state index in [0.29, 0.717) is 0 Å². The van der Waals surface area contributed by atoms with Crippen LogP contribution < -0.4 is 4.90 Å². The molecule has 0 fully saturated rings. The van der Waals surface area contributed by atoms with Crippen molar-refractivity contribution in [3.8, 4) is 33.4 Å². The van der Waals surface area contributed by atoms with Gasteiger partial charge in [-0.25, -0.2) is 0 Å². The summed E-state index contributed by atoms with van der Waals surface area (Å²) in [4.78, 5) is 2.52. The lowest BCUT2D eigenvalue weighted by molar-refractivity contribution is 0.633. The summed E-state index contributed by atoms with van der Waals surface area (Å²) < 4.78 is 0. The smallest absolute Gasteiger partial charge is 0.0720 e. The quantitative estimate of drug-likeness (QED) is 0.166. The van der Waals surface area contributed by atoms with E-state index in [9.17, 15) is 0 Å². The molecule has 0 atom stereocenters. The summed E-state index contributed by atoms with van der Waals surface area (Å²) in [5.74, 6) is 0. The van der Waals surface area contributed by atoms with Gasteiger partial charge in [-0.3, -0.25) is 0 Å². The predicted molar refractivity (Wildman–Crippen MR) is 287 cm³/mol. The SMILES string of the molecule is c1ccc(N(c2ccc3c(c2)-c2ccccc2C3(c2ccccc2)c2ccccc2)c2cccc3c2-c2ccccc2C32c3ccccc3C3(c4ccccc4-c4ccccc43)c3ccccc32)cc1. The Bertz CT molecular complexity index is 3770. The van der Waals surface area contributed by atoms with Gasteiger partial charge in [-0.1, -0.05) is 243 Å². The Labute approximate surface area is 409 Å². The zero-order valence-electron chi connectivity index (χ0n) is 38.4. The summed E-state index contributed by atoms with van der Waals surface area (Å²) in [6.07, 6.45) is 0. The molecule has 11 aromatic carbocycles. The van der Waals surface area contributed by atoms with Gasteiger partial charge in [-0.05, 0) is 125 Å². The molecule has 0 heterocycles. The Morgan fingerprint density at radius 3 is 1.09 bits per heavy atom. The highest BCUT2D eigenvalue weighted by Crippen LogP contribution is 2.68. The molecule has 0 saturated carbocycles. The lowest BCUT2D eigenvalue weighted by Gasteiger charge is -2.48. The van der Waals surface area contributed by atoms with Crippen LogP contribution in [0.5, 0.6) is 0 Å². The van der Waals surface area contributed by atoms with Crippen molar-refractivity contribution in [2.75, 3.05) is 4.90 Å². The minimum Gasteiger partial charge on any atom is -0.310 e. The van der Waals surface area contributed by atoms with Crippen LogP contribution in [-0.4, -0.2) is 0 Å². The number of fused-ring (bicyclic) bond motifs is 19. The zero-order chi connectivity index (χ0) is 46.0. The second-order valence-corrected chi connectivity index (χ2v) is 19.4. The highest BCUT2D eigenvalue weighted by molar-refractivity contribution is 6.00. The van der Waals surface area contributed by atoms with E-state index in [1.165, 1.54) is 100 Å². The number of hydrogen-bond acceptors (Lipinski definition) is 1. The Balaban J connectivity index is 1.01. The first-order valence-electron chi connectivity index (χ1n) is 24.6. The van der Waals surface area contributed by atoms with Crippen LogP contribution in [0.2, 0.25) is 0 Å². The minimum absolute atomic E-state index is 0.483. The molecule has 1 nitrogen and oxygen atoms in total. The van der Waals surface area contributed by atoms with E-state index in [2.05, 4.69) is 278 Å². The maximum atomic E-state index is 2.52. The topological polar surface area (TPSA) is 3.24 Å². The summed E-state index contributed by atoms with van der Waals surface area (Å²) in [5, 5.41) is 0. The Morgan fingerprint density at radius 1 is 0.214 bits per heavy atom. The van der Waals surface area contributed by atoms with Crippen molar-refractivity contribution in [1.29, 1.82) is 0 Å². The summed E-state index contributed by atoms with van der Waals surface area (Å²) in [6, 6.07) is 103. The van der Waals surface area contributed by atoms with Crippen molar-refractivity contribution >= 4 is 17.1 Å². The van der Waals surface area contributed by atoms with Crippen LogP contribution in [-0.2, 0) is 16.2 Å². The maximum absolute atomic E-state index is 2.52. The van der Waals surface area contributed by atoms with E-state index in [0.717, 1.165) is 17.1 Å². The fourth-order valence-electron chi connectivity index (χ4n) is 14.0. The van der Waals surface area contributed by atoms with Gasteiger partial charge in [0.15, 0.2) is 0 Å². The standard InChI is InChI=1S/C69H45N/c1-4-23-46(24-5-1)67(47-25-6-2-7-26-47)55-33-14-12-31-52(55)54-45-49(43-44-59(54)67)70(48-27-8-3-9-28-48)65-42-22-41-64-66(65)53-32-13-17-36-58(53)69(64)62-39-20-18-37-60(62)68(61-38-19-21-40-63(61)69)56-34-15-10-29-50(56)51-30-11-16-35-57(51)68/h1-45H. The summed E-state index contributed by atoms with van der Waals surface area (Å²) in [5.41, 5.74) is 25.3. The van der Waals surface area contributed by atoms with Crippen molar-refractivity contribution in [3.63, 3.8) is 0 Å². The molecule has 11 aromatic rings. The average molecular weight is 888 g/mol. The molecular formula is C69H45N. The van der Waals surface area contributed by atoms with Crippen LogP contribution in [0.3, 0.4) is 0 Å². The Hall–Kier alpha value is -8.78. The molecule has 0 amide bonds. The van der Waals surface area contributed by atoms with E-state index < -0.39 is 16.2 Å². The third-order valence-electron chi connectivity index (χ3n) is 16.4. The molecule has 2 spiro atoms. The van der Waals surface area contributed by atoms with Crippen LogP contribution >= 0.6 is 0 Å². The third-order valence-corrected chi connectivity index (χ3v) is 16.4. The van der Waals surface area contributed by atoms with Gasteiger partial charge < -0.3 is 4.90 Å². The van der Waals surface area contributed by atoms with E-state index in [1.54, 1.807) is 0 Å². The molecule has 70 heavy (non-hydrogen) atoms. The molecule has 0 saturated heterocycles. The summed E-state index contributed by atoms with van der Waals surface area (Å²) in [7, 11) is 0. The molecule has 0 aliphatic heterocycles. The molecule has 4 aliphatic rings. The molecule has 326 valence electrons. The highest BCUT2D eigenvalue weighted by atomic mass is 15.1. The van der Waals surface area contributed by atoms with Crippen molar-refractivity contribution in [1.82, 2.24) is 0 Å². The number of hydrogen-bond donors (Lipinski definition) is 0. The monoisotopic (exact) mass is 887 g/mol. The summed E-state index contributed by atoms with van der Waals surface area (Å²) in [6.45, 7) is 0. The average Bonchev–Trinajstić information content (AvgIpc) is 4.03. The van der Waals surface area contributed by atoms with Crippen molar-refractivity contribution in [3.05, 3.63) is 340 Å². The van der Waals surface area contributed by atoms with Gasteiger partial charge in [-0.2, -0.15) is 0 Å². The predicted octanol–water partition coefficient (Wildman–Crippen LogP) is 16.6. The van der Waals surface area contributed by atoms with Gasteiger partial charge in [0.05, 0.1) is 21.9 Å². The maximum Gasteiger partial charge on any atom is 0.0720 e. The first-order chi connectivity index (χ1) is 34.8. The van der Waals surface area contributed by atoms with Crippen LogP contribution in [0.4, 0.5) is 17.1 Å². The molecular weight excluding hydrogens is 843 g/mol. The molecule has 4 aliphatic carbocycles. The fourth-order valence-corrected chi connectivity index (χ4v) is 14.0. The fraction of sp³-hybridized carbons (Fsp3) is 0.0435. The second kappa shape index (κ2) is 14.6. The van der Waals surface area contributed by atoms with Crippen LogP contribution in [0.25, 0.3) is 33.4 Å². The lowest BCUT2D eigenvalue weighted by Crippen LogP contribution is -2.43. The summed E-state index contributed by atoms with van der Waals surface area (Å²) >= 11 is 0.